The molecule has 1 amide bonds. The molecule has 2 aliphatic heterocycles. The second-order valence-electron chi connectivity index (χ2n) is 8.18. The summed E-state index contributed by atoms with van der Waals surface area (Å²) in [6, 6.07) is 11.9. The molecular formula is C25H28N2O6. The summed E-state index contributed by atoms with van der Waals surface area (Å²) >= 11 is 0. The van der Waals surface area contributed by atoms with Crippen molar-refractivity contribution in [3.63, 3.8) is 0 Å². The number of ketones is 1. The molecule has 174 valence electrons. The van der Waals surface area contributed by atoms with Gasteiger partial charge in [-0.05, 0) is 42.3 Å². The first-order valence-electron chi connectivity index (χ1n) is 10.9. The minimum Gasteiger partial charge on any atom is -0.507 e. The predicted molar refractivity (Wildman–Crippen MR) is 124 cm³/mol. The van der Waals surface area contributed by atoms with Gasteiger partial charge in [-0.3, -0.25) is 9.59 Å². The quantitative estimate of drug-likeness (QED) is 0.299. The van der Waals surface area contributed by atoms with Gasteiger partial charge in [-0.1, -0.05) is 12.1 Å². The largest absolute Gasteiger partial charge is 0.507 e. The molecule has 0 aromatic heterocycles. The lowest BCUT2D eigenvalue weighted by molar-refractivity contribution is -0.140. The molecule has 1 fully saturated rings. The number of benzene rings is 2. The lowest BCUT2D eigenvalue weighted by atomic mass is 9.95. The minimum absolute atomic E-state index is 0.0618. The Morgan fingerprint density at radius 3 is 2.45 bits per heavy atom. The van der Waals surface area contributed by atoms with Crippen molar-refractivity contribution >= 4 is 23.1 Å². The van der Waals surface area contributed by atoms with Gasteiger partial charge in [-0.25, -0.2) is 0 Å². The number of fused-ring (bicyclic) bond motifs is 1. The molecule has 0 saturated carbocycles. The zero-order chi connectivity index (χ0) is 23.5. The number of rotatable bonds is 7. The summed E-state index contributed by atoms with van der Waals surface area (Å²) in [5.74, 6) is -0.505. The number of methoxy groups -OCH3 is 1. The third-order valence-electron chi connectivity index (χ3n) is 5.83. The predicted octanol–water partition coefficient (Wildman–Crippen LogP) is 2.98. The third kappa shape index (κ3) is 4.39. The maximum atomic E-state index is 13.1. The summed E-state index contributed by atoms with van der Waals surface area (Å²) in [4.78, 5) is 29.6. The van der Waals surface area contributed by atoms with Crippen LogP contribution in [-0.2, 0) is 14.3 Å². The van der Waals surface area contributed by atoms with E-state index in [2.05, 4.69) is 0 Å². The van der Waals surface area contributed by atoms with E-state index in [-0.39, 0.29) is 11.3 Å². The first-order chi connectivity index (χ1) is 15.9. The molecule has 2 aromatic rings. The summed E-state index contributed by atoms with van der Waals surface area (Å²) in [6.45, 7) is 1.64. The van der Waals surface area contributed by atoms with E-state index in [0.717, 1.165) is 11.3 Å². The topological polar surface area (TPSA) is 88.5 Å². The third-order valence-corrected chi connectivity index (χ3v) is 5.83. The van der Waals surface area contributed by atoms with Crippen LogP contribution in [0.2, 0.25) is 0 Å². The molecule has 8 nitrogen and oxygen atoms in total. The van der Waals surface area contributed by atoms with Crippen molar-refractivity contribution in [2.24, 2.45) is 0 Å². The molecule has 33 heavy (non-hydrogen) atoms. The second kappa shape index (κ2) is 9.54. The minimum atomic E-state index is -0.707. The van der Waals surface area contributed by atoms with Crippen molar-refractivity contribution in [2.75, 3.05) is 52.5 Å². The molecule has 0 spiro atoms. The molecule has 0 aliphatic carbocycles. The van der Waals surface area contributed by atoms with Gasteiger partial charge >= 0.3 is 0 Å². The fourth-order valence-electron chi connectivity index (χ4n) is 4.14. The average molecular weight is 453 g/mol. The van der Waals surface area contributed by atoms with Crippen LogP contribution in [0.4, 0.5) is 5.69 Å². The summed E-state index contributed by atoms with van der Waals surface area (Å²) in [5.41, 5.74) is 2.19. The van der Waals surface area contributed by atoms with Gasteiger partial charge in [0, 0.05) is 45.6 Å². The highest BCUT2D eigenvalue weighted by atomic mass is 16.6. The van der Waals surface area contributed by atoms with Crippen molar-refractivity contribution in [1.29, 1.82) is 0 Å². The smallest absolute Gasteiger partial charge is 0.295 e. The van der Waals surface area contributed by atoms with E-state index in [9.17, 15) is 14.7 Å². The number of anilines is 1. The Morgan fingerprint density at radius 1 is 1.09 bits per heavy atom. The first-order valence-corrected chi connectivity index (χ1v) is 10.9. The van der Waals surface area contributed by atoms with Gasteiger partial charge in [0.2, 0.25) is 0 Å². The van der Waals surface area contributed by atoms with Crippen LogP contribution in [0.1, 0.15) is 23.6 Å². The Morgan fingerprint density at radius 2 is 1.79 bits per heavy atom. The van der Waals surface area contributed by atoms with Crippen LogP contribution in [0.15, 0.2) is 48.0 Å². The fourth-order valence-corrected chi connectivity index (χ4v) is 4.14. The van der Waals surface area contributed by atoms with Crippen LogP contribution in [0.5, 0.6) is 11.5 Å². The van der Waals surface area contributed by atoms with Gasteiger partial charge in [-0.2, -0.15) is 0 Å². The van der Waals surface area contributed by atoms with E-state index >= 15 is 0 Å². The number of amides is 1. The lowest BCUT2D eigenvalue weighted by Gasteiger charge is -2.26. The van der Waals surface area contributed by atoms with Gasteiger partial charge in [-0.15, -0.1) is 0 Å². The zero-order valence-corrected chi connectivity index (χ0v) is 19.0. The molecule has 0 radical (unpaired) electrons. The maximum Gasteiger partial charge on any atom is 0.295 e. The van der Waals surface area contributed by atoms with Gasteiger partial charge < -0.3 is 29.1 Å². The van der Waals surface area contributed by atoms with E-state index in [4.69, 9.17) is 14.2 Å². The summed E-state index contributed by atoms with van der Waals surface area (Å²) in [5, 5.41) is 11.2. The number of hydrogen-bond donors (Lipinski definition) is 1. The van der Waals surface area contributed by atoms with Crippen LogP contribution in [-0.4, -0.2) is 69.3 Å². The van der Waals surface area contributed by atoms with Crippen LogP contribution >= 0.6 is 0 Å². The number of ether oxygens (including phenoxy) is 3. The lowest BCUT2D eigenvalue weighted by Crippen LogP contribution is -2.31. The number of carbonyl (C=O) groups is 2. The molecule has 0 bridgehead atoms. The van der Waals surface area contributed by atoms with Crippen molar-refractivity contribution < 1.29 is 28.9 Å². The number of aliphatic hydroxyl groups is 1. The van der Waals surface area contributed by atoms with Gasteiger partial charge in [0.05, 0.1) is 11.6 Å². The number of nitrogens with zero attached hydrogens (tertiary/aromatic N) is 2. The van der Waals surface area contributed by atoms with Crippen LogP contribution in [0, 0.1) is 0 Å². The number of Topliss-reactive ketones (excluding diaryl/α,β-unsaturated/α-hetero) is 1. The normalized spacial score (nSPS) is 19.1. The number of hydrogen-bond acceptors (Lipinski definition) is 7. The molecule has 2 aromatic carbocycles. The highest BCUT2D eigenvalue weighted by Crippen LogP contribution is 2.41. The van der Waals surface area contributed by atoms with Crippen molar-refractivity contribution in [3.8, 4) is 11.5 Å². The molecule has 1 atom stereocenters. The maximum absolute atomic E-state index is 13.1. The molecule has 2 aliphatic rings. The monoisotopic (exact) mass is 452 g/mol. The molecule has 8 heteroatoms. The first kappa shape index (κ1) is 22.7. The Balaban J connectivity index is 1.79. The number of aliphatic hydroxyl groups excluding tert-OH is 1. The van der Waals surface area contributed by atoms with E-state index in [1.807, 2.05) is 43.3 Å². The summed E-state index contributed by atoms with van der Waals surface area (Å²) in [7, 11) is 5.47. The van der Waals surface area contributed by atoms with E-state index in [1.54, 1.807) is 25.3 Å². The standard InChI is InChI=1S/C25H28N2O6/c1-26(2)18-8-5-16(6-9-18)22-21(24(29)25(30)27(22)11-4-12-31-3)23(28)17-7-10-19-20(15-17)33-14-13-32-19/h5-10,15,22,28H,4,11-14H2,1-3H3/t22-/m1/s1. The number of likely N-dealkylation sites (tertiary alicyclic amines) is 1. The van der Waals surface area contributed by atoms with Gasteiger partial charge in [0.25, 0.3) is 11.7 Å². The van der Waals surface area contributed by atoms with Crippen molar-refractivity contribution in [3.05, 3.63) is 59.2 Å². The molecular weight excluding hydrogens is 424 g/mol. The van der Waals surface area contributed by atoms with Crippen LogP contribution in [0.25, 0.3) is 5.76 Å². The molecule has 1 saturated heterocycles. The second-order valence-corrected chi connectivity index (χ2v) is 8.18. The van der Waals surface area contributed by atoms with E-state index in [1.165, 1.54) is 4.90 Å². The van der Waals surface area contributed by atoms with Crippen LogP contribution < -0.4 is 14.4 Å². The highest BCUT2D eigenvalue weighted by Gasteiger charge is 2.45. The van der Waals surface area contributed by atoms with E-state index < -0.39 is 17.7 Å². The Bertz CT molecular complexity index is 1080. The molecule has 4 rings (SSSR count). The van der Waals surface area contributed by atoms with Gasteiger partial charge in [0.1, 0.15) is 19.0 Å². The van der Waals surface area contributed by atoms with Gasteiger partial charge in [0.15, 0.2) is 11.5 Å². The zero-order valence-electron chi connectivity index (χ0n) is 19.0. The molecule has 2 heterocycles. The Kier molecular flexibility index (Phi) is 6.55. The summed E-state index contributed by atoms with van der Waals surface area (Å²) < 4.78 is 16.3. The Hall–Kier alpha value is -3.52. The van der Waals surface area contributed by atoms with E-state index in [0.29, 0.717) is 49.8 Å². The molecule has 0 unspecified atom stereocenters. The molecule has 1 N–H and O–H groups in total. The number of carbonyl (C=O) groups excluding carboxylic acids is 2. The van der Waals surface area contributed by atoms with Crippen LogP contribution in [0.3, 0.4) is 0 Å². The fraction of sp³-hybridized carbons (Fsp3) is 0.360. The Labute approximate surface area is 193 Å². The summed E-state index contributed by atoms with van der Waals surface area (Å²) in [6.07, 6.45) is 0.569. The SMILES string of the molecule is COCCCN1C(=O)C(=O)C(=C(O)c2ccc3c(c2)OCCO3)[C@H]1c1ccc(N(C)C)cc1. The van der Waals surface area contributed by atoms with Crippen molar-refractivity contribution in [2.45, 2.75) is 12.5 Å². The average Bonchev–Trinajstić information content (AvgIpc) is 3.08. The van der Waals surface area contributed by atoms with Crippen molar-refractivity contribution in [1.82, 2.24) is 4.90 Å². The highest BCUT2D eigenvalue weighted by molar-refractivity contribution is 6.46.